The second-order valence-electron chi connectivity index (χ2n) is 8.39. The minimum absolute atomic E-state index is 0.478. The standard InChI is InChI=1S/C25H42N2/c1-4-5-6-7-8-9-10-11-12-13-17-20-25-26(23(2)3)21-22-27(25)24-18-15-14-16-19-24/h14-16,18-19,21-23,25H,4-13,17,20H2,1-3H3. The van der Waals surface area contributed by atoms with Crippen LogP contribution < -0.4 is 4.90 Å². The number of benzene rings is 1. The summed E-state index contributed by atoms with van der Waals surface area (Å²) in [5, 5.41) is 0. The van der Waals surface area contributed by atoms with Gasteiger partial charge in [0.25, 0.3) is 0 Å². The summed E-state index contributed by atoms with van der Waals surface area (Å²) in [6.45, 7) is 6.89. The number of rotatable bonds is 14. The molecule has 27 heavy (non-hydrogen) atoms. The molecule has 1 atom stereocenters. The van der Waals surface area contributed by atoms with Crippen LogP contribution in [0.25, 0.3) is 0 Å². The van der Waals surface area contributed by atoms with Gasteiger partial charge in [-0.3, -0.25) is 0 Å². The Hall–Kier alpha value is -1.44. The van der Waals surface area contributed by atoms with Crippen molar-refractivity contribution in [3.8, 4) is 0 Å². The van der Waals surface area contributed by atoms with Gasteiger partial charge in [0.2, 0.25) is 0 Å². The normalized spacial score (nSPS) is 16.7. The van der Waals surface area contributed by atoms with Gasteiger partial charge in [0.05, 0.1) is 0 Å². The predicted molar refractivity (Wildman–Crippen MR) is 120 cm³/mol. The quantitative estimate of drug-likeness (QED) is 0.309. The smallest absolute Gasteiger partial charge is 0.106 e. The molecule has 0 saturated carbocycles. The third-order valence-electron chi connectivity index (χ3n) is 5.78. The summed E-state index contributed by atoms with van der Waals surface area (Å²) in [5.41, 5.74) is 1.31. The van der Waals surface area contributed by atoms with Crippen LogP contribution in [0.1, 0.15) is 97.8 Å². The Bertz CT molecular complexity index is 508. The zero-order valence-corrected chi connectivity index (χ0v) is 18.1. The van der Waals surface area contributed by atoms with Gasteiger partial charge in [-0.2, -0.15) is 0 Å². The number of nitrogens with zero attached hydrogens (tertiary/aromatic N) is 2. The summed E-state index contributed by atoms with van der Waals surface area (Å²) in [6.07, 6.45) is 21.8. The molecular weight excluding hydrogens is 328 g/mol. The van der Waals surface area contributed by atoms with Gasteiger partial charge in [-0.15, -0.1) is 0 Å². The van der Waals surface area contributed by atoms with Crippen molar-refractivity contribution in [2.75, 3.05) is 4.90 Å². The SMILES string of the molecule is CCCCCCCCCCCCCC1N(c2ccccc2)C=CN1C(C)C. The average Bonchev–Trinajstić information content (AvgIpc) is 3.11. The van der Waals surface area contributed by atoms with Gasteiger partial charge in [0.15, 0.2) is 0 Å². The molecule has 0 spiro atoms. The molecule has 1 aliphatic rings. The van der Waals surface area contributed by atoms with E-state index in [9.17, 15) is 0 Å². The van der Waals surface area contributed by atoms with Gasteiger partial charge >= 0.3 is 0 Å². The molecule has 1 heterocycles. The van der Waals surface area contributed by atoms with Crippen LogP contribution in [0.3, 0.4) is 0 Å². The summed E-state index contributed by atoms with van der Waals surface area (Å²) in [7, 11) is 0. The maximum atomic E-state index is 2.52. The highest BCUT2D eigenvalue weighted by Gasteiger charge is 2.28. The molecule has 1 unspecified atom stereocenters. The Balaban J connectivity index is 1.64. The van der Waals surface area contributed by atoms with Crippen LogP contribution in [0.4, 0.5) is 5.69 Å². The van der Waals surface area contributed by atoms with E-state index in [4.69, 9.17) is 0 Å². The summed E-state index contributed by atoms with van der Waals surface area (Å²) in [5.74, 6) is 0. The molecular formula is C25H42N2. The van der Waals surface area contributed by atoms with Crippen LogP contribution in [-0.4, -0.2) is 17.1 Å². The second kappa shape index (κ2) is 12.9. The van der Waals surface area contributed by atoms with Crippen molar-refractivity contribution in [3.05, 3.63) is 42.7 Å². The van der Waals surface area contributed by atoms with Crippen LogP contribution in [-0.2, 0) is 0 Å². The zero-order chi connectivity index (χ0) is 19.3. The molecule has 1 aromatic rings. The van der Waals surface area contributed by atoms with Crippen molar-refractivity contribution in [3.63, 3.8) is 0 Å². The maximum Gasteiger partial charge on any atom is 0.106 e. The van der Waals surface area contributed by atoms with Crippen molar-refractivity contribution in [2.45, 2.75) is 110 Å². The minimum Gasteiger partial charge on any atom is -0.353 e. The fraction of sp³-hybridized carbons (Fsp3) is 0.680. The molecule has 2 nitrogen and oxygen atoms in total. The van der Waals surface area contributed by atoms with Crippen LogP contribution in [0, 0.1) is 0 Å². The lowest BCUT2D eigenvalue weighted by Crippen LogP contribution is -2.42. The maximum absolute atomic E-state index is 2.52. The van der Waals surface area contributed by atoms with E-state index < -0.39 is 0 Å². The van der Waals surface area contributed by atoms with Crippen molar-refractivity contribution >= 4 is 5.69 Å². The van der Waals surface area contributed by atoms with Gasteiger partial charge in [0.1, 0.15) is 6.17 Å². The molecule has 0 bridgehead atoms. The molecule has 2 rings (SSSR count). The first-order valence-electron chi connectivity index (χ1n) is 11.5. The number of anilines is 1. The molecule has 2 heteroatoms. The third kappa shape index (κ3) is 7.60. The lowest BCUT2D eigenvalue weighted by Gasteiger charge is -2.35. The first-order chi connectivity index (χ1) is 13.2. The van der Waals surface area contributed by atoms with Crippen molar-refractivity contribution in [2.24, 2.45) is 0 Å². The van der Waals surface area contributed by atoms with Crippen LogP contribution in [0.15, 0.2) is 42.7 Å². The van der Waals surface area contributed by atoms with Gasteiger partial charge < -0.3 is 9.80 Å². The average molecular weight is 371 g/mol. The fourth-order valence-electron chi connectivity index (χ4n) is 4.14. The lowest BCUT2D eigenvalue weighted by atomic mass is 10.0. The third-order valence-corrected chi connectivity index (χ3v) is 5.78. The Morgan fingerprint density at radius 2 is 1.30 bits per heavy atom. The fourth-order valence-corrected chi connectivity index (χ4v) is 4.14. The molecule has 0 fully saturated rings. The van der Waals surface area contributed by atoms with Gasteiger partial charge in [-0.05, 0) is 38.8 Å². The van der Waals surface area contributed by atoms with E-state index >= 15 is 0 Å². The highest BCUT2D eigenvalue weighted by atomic mass is 15.4. The molecule has 0 saturated heterocycles. The van der Waals surface area contributed by atoms with E-state index in [1.807, 2.05) is 0 Å². The summed E-state index contributed by atoms with van der Waals surface area (Å²) >= 11 is 0. The summed E-state index contributed by atoms with van der Waals surface area (Å²) in [4.78, 5) is 4.97. The molecule has 1 aliphatic heterocycles. The van der Waals surface area contributed by atoms with E-state index in [1.165, 1.54) is 82.7 Å². The molecule has 0 aromatic heterocycles. The molecule has 0 amide bonds. The van der Waals surface area contributed by atoms with Gasteiger partial charge in [0, 0.05) is 24.1 Å². The molecule has 152 valence electrons. The van der Waals surface area contributed by atoms with E-state index in [1.54, 1.807) is 0 Å². The Labute approximate surface area is 168 Å². The predicted octanol–water partition coefficient (Wildman–Crippen LogP) is 7.72. The lowest BCUT2D eigenvalue weighted by molar-refractivity contribution is 0.233. The highest BCUT2D eigenvalue weighted by Crippen LogP contribution is 2.29. The largest absolute Gasteiger partial charge is 0.353 e. The summed E-state index contributed by atoms with van der Waals surface area (Å²) in [6, 6.07) is 11.4. The Morgan fingerprint density at radius 1 is 0.741 bits per heavy atom. The minimum atomic E-state index is 0.478. The van der Waals surface area contributed by atoms with Crippen LogP contribution in [0.2, 0.25) is 0 Å². The number of hydrogen-bond donors (Lipinski definition) is 0. The number of hydrogen-bond acceptors (Lipinski definition) is 2. The summed E-state index contributed by atoms with van der Waals surface area (Å²) < 4.78 is 0. The first kappa shape index (κ1) is 21.9. The number of unbranched alkanes of at least 4 members (excludes halogenated alkanes) is 10. The number of para-hydroxylation sites is 1. The van der Waals surface area contributed by atoms with Crippen molar-refractivity contribution in [1.29, 1.82) is 0 Å². The van der Waals surface area contributed by atoms with E-state index in [2.05, 4.69) is 73.3 Å². The highest BCUT2D eigenvalue weighted by molar-refractivity contribution is 5.51. The second-order valence-corrected chi connectivity index (χ2v) is 8.39. The van der Waals surface area contributed by atoms with E-state index in [-0.39, 0.29) is 0 Å². The van der Waals surface area contributed by atoms with E-state index in [0.29, 0.717) is 12.2 Å². The zero-order valence-electron chi connectivity index (χ0n) is 18.1. The van der Waals surface area contributed by atoms with Crippen LogP contribution in [0.5, 0.6) is 0 Å². The molecule has 0 aliphatic carbocycles. The van der Waals surface area contributed by atoms with Gasteiger partial charge in [-0.1, -0.05) is 89.3 Å². The van der Waals surface area contributed by atoms with E-state index in [0.717, 1.165) is 0 Å². The monoisotopic (exact) mass is 370 g/mol. The van der Waals surface area contributed by atoms with Crippen molar-refractivity contribution < 1.29 is 0 Å². The Kier molecular flexibility index (Phi) is 10.4. The van der Waals surface area contributed by atoms with Crippen molar-refractivity contribution in [1.82, 2.24) is 4.90 Å². The Morgan fingerprint density at radius 3 is 1.85 bits per heavy atom. The molecule has 0 N–H and O–H groups in total. The first-order valence-corrected chi connectivity index (χ1v) is 11.5. The topological polar surface area (TPSA) is 6.48 Å². The van der Waals surface area contributed by atoms with Crippen LogP contribution >= 0.6 is 0 Å². The van der Waals surface area contributed by atoms with Gasteiger partial charge in [-0.25, -0.2) is 0 Å². The molecule has 0 radical (unpaired) electrons. The molecule has 1 aromatic carbocycles.